The molecular weight excluding hydrogens is 836 g/mol. The van der Waals surface area contributed by atoms with Crippen molar-refractivity contribution >= 4 is 86.2 Å². The van der Waals surface area contributed by atoms with Crippen LogP contribution < -0.4 is 0 Å². The molecule has 0 atom stereocenters. The van der Waals surface area contributed by atoms with Crippen molar-refractivity contribution < 1.29 is 0 Å². The van der Waals surface area contributed by atoms with Crippen LogP contribution in [-0.2, 0) is 12.8 Å². The largest absolute Gasteiger partial charge is 0.309 e. The molecule has 0 spiro atoms. The standard InChI is InChI=1S/C54H52Br2N2/c1-5-7-9-11-18-40-34-52(36(4)29-47(40)56)58-50-27-25-39(32-45(50)54-42-20-14-13-17-37(42)23-28-51(54)58)38-24-26-49-44(31-38)43-21-15-16-22-48(43)57(49)53-30-35(3)46(55)33-41(53)19-12-10-8-6-2/h13-17,20-34H,5-12,18-19H2,1-4H3. The average Bonchev–Trinajstić information content (AvgIpc) is 3.75. The lowest BCUT2D eigenvalue weighted by Gasteiger charge is -2.16. The summed E-state index contributed by atoms with van der Waals surface area (Å²) < 4.78 is 7.45. The van der Waals surface area contributed by atoms with Crippen molar-refractivity contribution in [3.05, 3.63) is 153 Å². The molecule has 0 bridgehead atoms. The monoisotopic (exact) mass is 886 g/mol. The normalized spacial score (nSPS) is 12.0. The highest BCUT2D eigenvalue weighted by Gasteiger charge is 2.20. The number of aryl methyl sites for hydroxylation is 4. The summed E-state index contributed by atoms with van der Waals surface area (Å²) in [5, 5.41) is 7.75. The zero-order chi connectivity index (χ0) is 39.9. The second-order valence-corrected chi connectivity index (χ2v) is 18.1. The Morgan fingerprint density at radius 2 is 1.03 bits per heavy atom. The van der Waals surface area contributed by atoms with E-state index in [1.165, 1.54) is 159 Å². The maximum atomic E-state index is 3.94. The van der Waals surface area contributed by atoms with Gasteiger partial charge in [0.05, 0.1) is 22.1 Å². The summed E-state index contributed by atoms with van der Waals surface area (Å²) in [6.45, 7) is 9.03. The first-order valence-electron chi connectivity index (χ1n) is 21.4. The summed E-state index contributed by atoms with van der Waals surface area (Å²) in [7, 11) is 0. The van der Waals surface area contributed by atoms with Crippen LogP contribution in [0, 0.1) is 13.8 Å². The molecule has 9 rings (SSSR count). The minimum atomic E-state index is 1.07. The molecule has 0 unspecified atom stereocenters. The predicted octanol–water partition coefficient (Wildman–Crippen LogP) is 17.1. The van der Waals surface area contributed by atoms with Crippen LogP contribution in [0.15, 0.2) is 130 Å². The predicted molar refractivity (Wildman–Crippen MR) is 259 cm³/mol. The van der Waals surface area contributed by atoms with Gasteiger partial charge in [0, 0.05) is 41.9 Å². The molecule has 0 saturated carbocycles. The first-order chi connectivity index (χ1) is 28.4. The number of rotatable bonds is 13. The number of para-hydroxylation sites is 1. The maximum absolute atomic E-state index is 3.94. The quantitative estimate of drug-likeness (QED) is 0.102. The second kappa shape index (κ2) is 16.5. The molecule has 4 heteroatoms. The molecule has 2 aromatic heterocycles. The molecule has 2 heterocycles. The summed E-state index contributed by atoms with van der Waals surface area (Å²) in [5.74, 6) is 0. The van der Waals surface area contributed by atoms with E-state index in [-0.39, 0.29) is 0 Å². The molecule has 292 valence electrons. The van der Waals surface area contributed by atoms with E-state index in [1.807, 2.05) is 0 Å². The SMILES string of the molecule is CCCCCCc1cc(-n2c3ccc(-c4ccc5c(c4)c4ccccc4n5-c4cc(C)c(Br)cc4CCCCCC)cc3c3c4ccccc4ccc32)c(C)cc1Br. The second-order valence-electron chi connectivity index (χ2n) is 16.4. The van der Waals surface area contributed by atoms with E-state index in [0.717, 1.165) is 12.8 Å². The highest BCUT2D eigenvalue weighted by Crippen LogP contribution is 2.42. The van der Waals surface area contributed by atoms with Gasteiger partial charge in [-0.2, -0.15) is 0 Å². The number of hydrogen-bond donors (Lipinski definition) is 0. The molecule has 0 amide bonds. The fourth-order valence-corrected chi connectivity index (χ4v) is 10.4. The molecule has 2 nitrogen and oxygen atoms in total. The van der Waals surface area contributed by atoms with Crippen molar-refractivity contribution in [2.24, 2.45) is 0 Å². The third-order valence-corrected chi connectivity index (χ3v) is 14.1. The molecule has 0 fully saturated rings. The topological polar surface area (TPSA) is 9.86 Å². The van der Waals surface area contributed by atoms with Crippen molar-refractivity contribution in [1.29, 1.82) is 0 Å². The summed E-state index contributed by atoms with van der Waals surface area (Å²) in [5.41, 5.74) is 15.4. The third kappa shape index (κ3) is 7.01. The van der Waals surface area contributed by atoms with Gasteiger partial charge in [0.1, 0.15) is 0 Å². The fraction of sp³-hybridized carbons (Fsp3) is 0.259. The number of nitrogens with zero attached hydrogens (tertiary/aromatic N) is 2. The van der Waals surface area contributed by atoms with Crippen LogP contribution in [-0.4, -0.2) is 9.13 Å². The van der Waals surface area contributed by atoms with Gasteiger partial charge < -0.3 is 9.13 Å². The zero-order valence-corrected chi connectivity index (χ0v) is 37.4. The van der Waals surface area contributed by atoms with Crippen LogP contribution in [0.25, 0.3) is 76.9 Å². The number of fused-ring (bicyclic) bond motifs is 8. The number of aromatic nitrogens is 2. The van der Waals surface area contributed by atoms with E-state index in [2.05, 4.69) is 190 Å². The summed E-state index contributed by atoms with van der Waals surface area (Å²) in [6.07, 6.45) is 12.2. The van der Waals surface area contributed by atoms with Gasteiger partial charge in [0.15, 0.2) is 0 Å². The van der Waals surface area contributed by atoms with E-state index < -0.39 is 0 Å². The number of unbranched alkanes of at least 4 members (excludes halogenated alkanes) is 6. The van der Waals surface area contributed by atoms with Crippen molar-refractivity contribution in [1.82, 2.24) is 9.13 Å². The molecular formula is C54H52Br2N2. The van der Waals surface area contributed by atoms with Gasteiger partial charge >= 0.3 is 0 Å². The van der Waals surface area contributed by atoms with Crippen LogP contribution in [0.4, 0.5) is 0 Å². The minimum absolute atomic E-state index is 1.07. The Hall–Kier alpha value is -4.64. The number of benzene rings is 7. The van der Waals surface area contributed by atoms with Crippen molar-refractivity contribution in [2.75, 3.05) is 0 Å². The van der Waals surface area contributed by atoms with E-state index in [0.29, 0.717) is 0 Å². The van der Waals surface area contributed by atoms with Crippen LogP contribution >= 0.6 is 31.9 Å². The average molecular weight is 889 g/mol. The molecule has 0 aliphatic heterocycles. The first kappa shape index (κ1) is 38.9. The molecule has 58 heavy (non-hydrogen) atoms. The fourth-order valence-electron chi connectivity index (χ4n) is 9.38. The summed E-state index contributed by atoms with van der Waals surface area (Å²) in [6, 6.07) is 46.3. The Bertz CT molecular complexity index is 2980. The molecule has 0 aliphatic rings. The number of hydrogen-bond acceptors (Lipinski definition) is 0. The molecule has 0 N–H and O–H groups in total. The lowest BCUT2D eigenvalue weighted by Crippen LogP contribution is -2.01. The van der Waals surface area contributed by atoms with Crippen molar-refractivity contribution in [3.8, 4) is 22.5 Å². The van der Waals surface area contributed by atoms with Gasteiger partial charge in [0.25, 0.3) is 0 Å². The first-order valence-corrected chi connectivity index (χ1v) is 23.0. The van der Waals surface area contributed by atoms with Gasteiger partial charge in [-0.15, -0.1) is 0 Å². The highest BCUT2D eigenvalue weighted by molar-refractivity contribution is 9.10. The zero-order valence-electron chi connectivity index (χ0n) is 34.3. The van der Waals surface area contributed by atoms with Crippen molar-refractivity contribution in [3.63, 3.8) is 0 Å². The van der Waals surface area contributed by atoms with Crippen LogP contribution in [0.5, 0.6) is 0 Å². The van der Waals surface area contributed by atoms with Gasteiger partial charge in [-0.1, -0.05) is 145 Å². The summed E-state index contributed by atoms with van der Waals surface area (Å²) in [4.78, 5) is 0. The Labute approximate surface area is 360 Å². The molecule has 0 saturated heterocycles. The smallest absolute Gasteiger partial charge is 0.0547 e. The third-order valence-electron chi connectivity index (χ3n) is 12.5. The minimum Gasteiger partial charge on any atom is -0.309 e. The Kier molecular flexibility index (Phi) is 11.1. The van der Waals surface area contributed by atoms with Crippen LogP contribution in [0.3, 0.4) is 0 Å². The lowest BCUT2D eigenvalue weighted by atomic mass is 9.99. The van der Waals surface area contributed by atoms with Gasteiger partial charge in [-0.25, -0.2) is 0 Å². The highest BCUT2D eigenvalue weighted by atomic mass is 79.9. The Morgan fingerprint density at radius 3 is 1.78 bits per heavy atom. The molecule has 0 radical (unpaired) electrons. The van der Waals surface area contributed by atoms with Crippen molar-refractivity contribution in [2.45, 2.75) is 91.9 Å². The number of halogens is 2. The van der Waals surface area contributed by atoms with E-state index >= 15 is 0 Å². The lowest BCUT2D eigenvalue weighted by molar-refractivity contribution is 0.666. The van der Waals surface area contributed by atoms with Gasteiger partial charge in [-0.3, -0.25) is 0 Å². The molecule has 0 aliphatic carbocycles. The van der Waals surface area contributed by atoms with Crippen LogP contribution in [0.1, 0.15) is 87.5 Å². The Morgan fingerprint density at radius 1 is 0.431 bits per heavy atom. The van der Waals surface area contributed by atoms with E-state index in [4.69, 9.17) is 0 Å². The van der Waals surface area contributed by atoms with Gasteiger partial charge in [0.2, 0.25) is 0 Å². The summed E-state index contributed by atoms with van der Waals surface area (Å²) >= 11 is 7.81. The molecule has 9 aromatic rings. The molecule has 7 aromatic carbocycles. The van der Waals surface area contributed by atoms with E-state index in [9.17, 15) is 0 Å². The van der Waals surface area contributed by atoms with E-state index in [1.54, 1.807) is 0 Å². The maximum Gasteiger partial charge on any atom is 0.0547 e. The Balaban J connectivity index is 1.22. The van der Waals surface area contributed by atoms with Crippen LogP contribution in [0.2, 0.25) is 0 Å². The van der Waals surface area contributed by atoms with Gasteiger partial charge in [-0.05, 0) is 144 Å².